The number of aromatic amines is 1. The molecule has 6 nitrogen and oxygen atoms in total. The minimum absolute atomic E-state index is 0.153. The lowest BCUT2D eigenvalue weighted by Crippen LogP contribution is -2.52. The fraction of sp³-hybridized carbons (Fsp3) is 0.556. The van der Waals surface area contributed by atoms with Crippen LogP contribution in [0.15, 0.2) is 24.5 Å². The van der Waals surface area contributed by atoms with E-state index in [1.807, 2.05) is 24.5 Å². The van der Waals surface area contributed by atoms with Gasteiger partial charge < -0.3 is 30.1 Å². The van der Waals surface area contributed by atoms with Crippen LogP contribution in [0.5, 0.6) is 0 Å². The van der Waals surface area contributed by atoms with Gasteiger partial charge >= 0.3 is 0 Å². The van der Waals surface area contributed by atoms with Gasteiger partial charge in [0.25, 0.3) is 0 Å². The van der Waals surface area contributed by atoms with Gasteiger partial charge in [0.1, 0.15) is 18.3 Å². The molecule has 86 valence electrons. The fourth-order valence-corrected chi connectivity index (χ4v) is 1.07. The molecule has 1 aromatic rings. The van der Waals surface area contributed by atoms with Crippen molar-refractivity contribution in [3.8, 4) is 0 Å². The van der Waals surface area contributed by atoms with E-state index in [4.69, 9.17) is 20.4 Å². The molecule has 6 heteroatoms. The van der Waals surface area contributed by atoms with Crippen LogP contribution in [0.1, 0.15) is 0 Å². The molecule has 1 saturated heterocycles. The average Bonchev–Trinajstić information content (AvgIpc) is 2.79. The van der Waals surface area contributed by atoms with Crippen LogP contribution in [-0.4, -0.2) is 56.6 Å². The molecule has 1 aromatic heterocycles. The van der Waals surface area contributed by atoms with Gasteiger partial charge in [-0.2, -0.15) is 0 Å². The SMILES string of the molecule is OC1OC[C@@H](O)[C@H](O)[C@H]1O.c1cc[nH]c1. The first-order chi connectivity index (χ1) is 7.13. The van der Waals surface area contributed by atoms with Crippen molar-refractivity contribution < 1.29 is 25.2 Å². The van der Waals surface area contributed by atoms with E-state index in [2.05, 4.69) is 9.72 Å². The van der Waals surface area contributed by atoms with E-state index < -0.39 is 24.6 Å². The summed E-state index contributed by atoms with van der Waals surface area (Å²) in [6, 6.07) is 3.89. The summed E-state index contributed by atoms with van der Waals surface area (Å²) < 4.78 is 4.47. The molecule has 0 spiro atoms. The molecule has 0 bridgehead atoms. The third kappa shape index (κ3) is 3.61. The molecule has 1 fully saturated rings. The summed E-state index contributed by atoms with van der Waals surface area (Å²) in [6.45, 7) is -0.153. The molecule has 4 atom stereocenters. The Labute approximate surface area is 86.8 Å². The number of aliphatic hydroxyl groups is 4. The van der Waals surface area contributed by atoms with Crippen molar-refractivity contribution in [3.63, 3.8) is 0 Å². The van der Waals surface area contributed by atoms with Gasteiger partial charge in [0.15, 0.2) is 6.29 Å². The van der Waals surface area contributed by atoms with Crippen molar-refractivity contribution in [3.05, 3.63) is 24.5 Å². The Morgan fingerprint density at radius 1 is 1.00 bits per heavy atom. The highest BCUT2D eigenvalue weighted by atomic mass is 16.6. The summed E-state index contributed by atoms with van der Waals surface area (Å²) in [4.78, 5) is 2.86. The third-order valence-corrected chi connectivity index (χ3v) is 1.97. The number of hydrogen-bond acceptors (Lipinski definition) is 5. The number of H-pyrrole nitrogens is 1. The summed E-state index contributed by atoms with van der Waals surface area (Å²) in [5.74, 6) is 0. The van der Waals surface area contributed by atoms with E-state index in [0.717, 1.165) is 0 Å². The number of nitrogens with one attached hydrogen (secondary N) is 1. The van der Waals surface area contributed by atoms with E-state index in [1.165, 1.54) is 0 Å². The van der Waals surface area contributed by atoms with Crippen LogP contribution < -0.4 is 0 Å². The number of aliphatic hydroxyl groups excluding tert-OH is 4. The minimum Gasteiger partial charge on any atom is -0.388 e. The molecule has 1 aliphatic rings. The maximum absolute atomic E-state index is 8.88. The molecular formula is C9H15NO5. The van der Waals surface area contributed by atoms with Crippen molar-refractivity contribution >= 4 is 0 Å². The summed E-state index contributed by atoms with van der Waals surface area (Å²) in [5, 5.41) is 35.3. The molecule has 0 radical (unpaired) electrons. The highest BCUT2D eigenvalue weighted by Gasteiger charge is 2.36. The van der Waals surface area contributed by atoms with Crippen LogP contribution in [0.3, 0.4) is 0 Å². The molecule has 0 aromatic carbocycles. The molecule has 5 N–H and O–H groups in total. The van der Waals surface area contributed by atoms with Crippen molar-refractivity contribution in [2.24, 2.45) is 0 Å². The third-order valence-electron chi connectivity index (χ3n) is 1.97. The Bertz CT molecular complexity index is 222. The van der Waals surface area contributed by atoms with E-state index in [9.17, 15) is 0 Å². The lowest BCUT2D eigenvalue weighted by atomic mass is 10.1. The van der Waals surface area contributed by atoms with Crippen LogP contribution in [0.4, 0.5) is 0 Å². The molecule has 0 saturated carbocycles. The Kier molecular flexibility index (Phi) is 4.73. The van der Waals surface area contributed by atoms with Crippen LogP contribution in [0.25, 0.3) is 0 Å². The number of rotatable bonds is 0. The second kappa shape index (κ2) is 5.84. The monoisotopic (exact) mass is 217 g/mol. The van der Waals surface area contributed by atoms with E-state index in [-0.39, 0.29) is 6.61 Å². The van der Waals surface area contributed by atoms with Crippen molar-refractivity contribution in [2.75, 3.05) is 6.61 Å². The largest absolute Gasteiger partial charge is 0.388 e. The predicted octanol–water partition coefficient (Wildman–Crippen LogP) is -1.57. The molecule has 0 amide bonds. The summed E-state index contributed by atoms with van der Waals surface area (Å²) in [5.41, 5.74) is 0. The van der Waals surface area contributed by atoms with Gasteiger partial charge in [-0.1, -0.05) is 0 Å². The lowest BCUT2D eigenvalue weighted by Gasteiger charge is -2.31. The van der Waals surface area contributed by atoms with Gasteiger partial charge in [-0.3, -0.25) is 0 Å². The van der Waals surface area contributed by atoms with Crippen LogP contribution in [-0.2, 0) is 4.74 Å². The standard InChI is InChI=1S/C5H10O5.C4H5N/c6-2-1-10-5(9)4(8)3(2)7;1-2-4-5-3-1/h2-9H,1H2;1-5H/t2-,3+,4-,5?;/m1./s1. The molecule has 1 unspecified atom stereocenters. The molecule has 1 aliphatic heterocycles. The maximum Gasteiger partial charge on any atom is 0.183 e. The zero-order valence-corrected chi connectivity index (χ0v) is 8.02. The van der Waals surface area contributed by atoms with Gasteiger partial charge in [0.05, 0.1) is 6.61 Å². The van der Waals surface area contributed by atoms with E-state index in [1.54, 1.807) is 0 Å². The molecule has 2 heterocycles. The number of hydrogen-bond donors (Lipinski definition) is 5. The average molecular weight is 217 g/mol. The van der Waals surface area contributed by atoms with E-state index >= 15 is 0 Å². The first-order valence-electron chi connectivity index (χ1n) is 4.54. The second-order valence-electron chi connectivity index (χ2n) is 3.16. The normalized spacial score (nSPS) is 35.5. The maximum atomic E-state index is 8.88. The first-order valence-corrected chi connectivity index (χ1v) is 4.54. The number of ether oxygens (including phenoxy) is 1. The zero-order valence-electron chi connectivity index (χ0n) is 8.02. The Hall–Kier alpha value is -0.920. The van der Waals surface area contributed by atoms with Gasteiger partial charge in [-0.15, -0.1) is 0 Å². The van der Waals surface area contributed by atoms with Crippen molar-refractivity contribution in [1.82, 2.24) is 4.98 Å². The Morgan fingerprint density at radius 2 is 1.60 bits per heavy atom. The first kappa shape index (κ1) is 12.2. The summed E-state index contributed by atoms with van der Waals surface area (Å²) in [6.07, 6.45) is -1.48. The molecule has 15 heavy (non-hydrogen) atoms. The van der Waals surface area contributed by atoms with Gasteiger partial charge in [-0.25, -0.2) is 0 Å². The smallest absolute Gasteiger partial charge is 0.183 e. The predicted molar refractivity (Wildman–Crippen MR) is 50.8 cm³/mol. The summed E-state index contributed by atoms with van der Waals surface area (Å²) in [7, 11) is 0. The number of aromatic nitrogens is 1. The molecule has 0 aliphatic carbocycles. The zero-order chi connectivity index (χ0) is 11.3. The van der Waals surface area contributed by atoms with Gasteiger partial charge in [0, 0.05) is 12.4 Å². The highest BCUT2D eigenvalue weighted by molar-refractivity contribution is 4.84. The fourth-order valence-electron chi connectivity index (χ4n) is 1.07. The quantitative estimate of drug-likeness (QED) is 0.361. The molecule has 2 rings (SSSR count). The Morgan fingerprint density at radius 3 is 2.00 bits per heavy atom. The van der Waals surface area contributed by atoms with Crippen LogP contribution in [0, 0.1) is 0 Å². The van der Waals surface area contributed by atoms with Crippen molar-refractivity contribution in [1.29, 1.82) is 0 Å². The van der Waals surface area contributed by atoms with Crippen molar-refractivity contribution in [2.45, 2.75) is 24.6 Å². The lowest BCUT2D eigenvalue weighted by molar-refractivity contribution is -0.252. The highest BCUT2D eigenvalue weighted by Crippen LogP contribution is 2.12. The van der Waals surface area contributed by atoms with E-state index in [0.29, 0.717) is 0 Å². The Balaban J connectivity index is 0.000000187. The second-order valence-corrected chi connectivity index (χ2v) is 3.16. The van der Waals surface area contributed by atoms with Gasteiger partial charge in [-0.05, 0) is 12.1 Å². The van der Waals surface area contributed by atoms with Gasteiger partial charge in [0.2, 0.25) is 0 Å². The van der Waals surface area contributed by atoms with Crippen LogP contribution >= 0.6 is 0 Å². The topological polar surface area (TPSA) is 106 Å². The van der Waals surface area contributed by atoms with Crippen LogP contribution in [0.2, 0.25) is 0 Å². The minimum atomic E-state index is -1.41. The molecular weight excluding hydrogens is 202 g/mol. The summed E-state index contributed by atoms with van der Waals surface area (Å²) >= 11 is 0.